The maximum absolute atomic E-state index is 11.6. The van der Waals surface area contributed by atoms with E-state index in [1.54, 1.807) is 6.33 Å². The number of amides is 1. The monoisotopic (exact) mass is 311 g/mol. The number of hydrogen-bond acceptors (Lipinski definition) is 4. The highest BCUT2D eigenvalue weighted by Crippen LogP contribution is 2.14. The van der Waals surface area contributed by atoms with Gasteiger partial charge in [-0.1, -0.05) is 0 Å². The molecule has 1 N–H and O–H groups in total. The van der Waals surface area contributed by atoms with Crippen LogP contribution in [0.3, 0.4) is 0 Å². The Morgan fingerprint density at radius 3 is 2.59 bits per heavy atom. The number of imidazole rings is 1. The number of rotatable bonds is 7. The lowest BCUT2D eigenvalue weighted by atomic mass is 10.1. The van der Waals surface area contributed by atoms with E-state index in [9.17, 15) is 4.79 Å². The van der Waals surface area contributed by atoms with Crippen LogP contribution in [-0.2, 0) is 22.4 Å². The van der Waals surface area contributed by atoms with Gasteiger partial charge in [0.2, 0.25) is 0 Å². The number of aromatic nitrogens is 2. The Bertz CT molecular complexity index is 475. The molecule has 0 aliphatic heterocycles. The van der Waals surface area contributed by atoms with Gasteiger partial charge in [-0.05, 0) is 41.5 Å². The molecule has 6 nitrogen and oxygen atoms in total. The molecule has 0 unspecified atom stereocenters. The van der Waals surface area contributed by atoms with Crippen LogP contribution in [-0.4, -0.2) is 40.0 Å². The third-order valence-corrected chi connectivity index (χ3v) is 2.93. The van der Waals surface area contributed by atoms with Gasteiger partial charge in [0, 0.05) is 31.5 Å². The number of nitrogens with one attached hydrogen (secondary N) is 1. The molecule has 22 heavy (non-hydrogen) atoms. The van der Waals surface area contributed by atoms with Crippen molar-refractivity contribution in [1.82, 2.24) is 14.9 Å². The summed E-state index contributed by atoms with van der Waals surface area (Å²) in [6.45, 7) is 13.5. The van der Waals surface area contributed by atoms with E-state index in [0.29, 0.717) is 19.6 Å². The second kappa shape index (κ2) is 7.63. The molecule has 0 saturated carbocycles. The third-order valence-electron chi connectivity index (χ3n) is 2.93. The van der Waals surface area contributed by atoms with Crippen LogP contribution in [0.1, 0.15) is 47.2 Å². The van der Waals surface area contributed by atoms with Crippen LogP contribution in [0.2, 0.25) is 0 Å². The van der Waals surface area contributed by atoms with Gasteiger partial charge in [0.05, 0.1) is 18.5 Å². The fourth-order valence-electron chi connectivity index (χ4n) is 2.15. The number of alkyl carbamates (subject to hydrolysis) is 1. The van der Waals surface area contributed by atoms with Crippen molar-refractivity contribution in [3.63, 3.8) is 0 Å². The van der Waals surface area contributed by atoms with Crippen LogP contribution < -0.4 is 5.32 Å². The molecule has 0 aromatic carbocycles. The van der Waals surface area contributed by atoms with E-state index in [2.05, 4.69) is 28.7 Å². The van der Waals surface area contributed by atoms with Gasteiger partial charge in [-0.2, -0.15) is 0 Å². The molecule has 1 aromatic rings. The third kappa shape index (κ3) is 6.93. The first-order chi connectivity index (χ1) is 10.1. The van der Waals surface area contributed by atoms with Crippen LogP contribution in [0.25, 0.3) is 0 Å². The van der Waals surface area contributed by atoms with Gasteiger partial charge < -0.3 is 19.4 Å². The number of carbonyl (C=O) groups is 1. The first-order valence-corrected chi connectivity index (χ1v) is 7.73. The molecule has 1 rings (SSSR count). The van der Waals surface area contributed by atoms with E-state index < -0.39 is 11.7 Å². The van der Waals surface area contributed by atoms with Gasteiger partial charge in [0.1, 0.15) is 5.60 Å². The smallest absolute Gasteiger partial charge is 0.407 e. The minimum absolute atomic E-state index is 0.247. The average molecular weight is 311 g/mol. The molecule has 0 saturated heterocycles. The minimum atomic E-state index is -0.479. The summed E-state index contributed by atoms with van der Waals surface area (Å²) in [5, 5.41) is 2.76. The summed E-state index contributed by atoms with van der Waals surface area (Å²) in [5.41, 5.74) is 0.333. The van der Waals surface area contributed by atoms with Crippen molar-refractivity contribution < 1.29 is 14.3 Å². The summed E-state index contributed by atoms with van der Waals surface area (Å²) < 4.78 is 13.0. The fourth-order valence-corrected chi connectivity index (χ4v) is 2.15. The largest absolute Gasteiger partial charge is 0.444 e. The first-order valence-electron chi connectivity index (χ1n) is 7.73. The quantitative estimate of drug-likeness (QED) is 0.841. The van der Waals surface area contributed by atoms with E-state index >= 15 is 0 Å². The Morgan fingerprint density at radius 1 is 1.32 bits per heavy atom. The van der Waals surface area contributed by atoms with Crippen molar-refractivity contribution in [2.45, 2.75) is 65.7 Å². The van der Waals surface area contributed by atoms with E-state index in [1.807, 2.05) is 33.9 Å². The lowest BCUT2D eigenvalue weighted by Crippen LogP contribution is -2.34. The van der Waals surface area contributed by atoms with E-state index in [4.69, 9.17) is 9.47 Å². The van der Waals surface area contributed by atoms with Gasteiger partial charge in [-0.15, -0.1) is 0 Å². The average Bonchev–Trinajstić information content (AvgIpc) is 2.73. The summed E-state index contributed by atoms with van der Waals surface area (Å²) in [6.07, 6.45) is 3.91. The zero-order chi connectivity index (χ0) is 16.8. The second-order valence-corrected chi connectivity index (χ2v) is 6.88. The molecule has 1 aromatic heterocycles. The molecule has 1 amide bonds. The molecule has 0 bridgehead atoms. The number of hydrogen-bond donors (Lipinski definition) is 1. The Kier molecular flexibility index (Phi) is 6.41. The number of carbonyl (C=O) groups excluding carboxylic acids is 1. The van der Waals surface area contributed by atoms with E-state index in [-0.39, 0.29) is 5.60 Å². The molecular weight excluding hydrogens is 282 g/mol. The summed E-state index contributed by atoms with van der Waals surface area (Å²) >= 11 is 0. The number of ether oxygens (including phenoxy) is 2. The van der Waals surface area contributed by atoms with Crippen LogP contribution in [0, 0.1) is 0 Å². The molecule has 0 aliphatic carbocycles. The SMILES string of the molecule is CCOC(C)(C)Cn1cncc1CCNC(=O)OC(C)(C)C. The highest BCUT2D eigenvalue weighted by molar-refractivity contribution is 5.67. The van der Waals surface area contributed by atoms with Crippen LogP contribution >= 0.6 is 0 Å². The lowest BCUT2D eigenvalue weighted by molar-refractivity contribution is -0.0228. The zero-order valence-corrected chi connectivity index (χ0v) is 14.6. The predicted octanol–water partition coefficient (Wildman–Crippen LogP) is 2.77. The maximum atomic E-state index is 11.6. The Balaban J connectivity index is 2.48. The fraction of sp³-hybridized carbons (Fsp3) is 0.750. The normalized spacial score (nSPS) is 12.3. The van der Waals surface area contributed by atoms with Crippen molar-refractivity contribution in [3.8, 4) is 0 Å². The summed E-state index contributed by atoms with van der Waals surface area (Å²) in [4.78, 5) is 15.8. The van der Waals surface area contributed by atoms with Crippen LogP contribution in [0.5, 0.6) is 0 Å². The Labute approximate surface area is 133 Å². The van der Waals surface area contributed by atoms with Gasteiger partial charge in [-0.3, -0.25) is 0 Å². The maximum Gasteiger partial charge on any atom is 0.407 e. The van der Waals surface area contributed by atoms with Crippen molar-refractivity contribution in [2.75, 3.05) is 13.2 Å². The first kappa shape index (κ1) is 18.5. The molecule has 0 fully saturated rings. The topological polar surface area (TPSA) is 65.4 Å². The molecule has 0 aliphatic rings. The van der Waals surface area contributed by atoms with Crippen molar-refractivity contribution in [3.05, 3.63) is 18.2 Å². The second-order valence-electron chi connectivity index (χ2n) is 6.88. The van der Waals surface area contributed by atoms with Gasteiger partial charge in [-0.25, -0.2) is 9.78 Å². The van der Waals surface area contributed by atoms with Gasteiger partial charge in [0.15, 0.2) is 0 Å². The lowest BCUT2D eigenvalue weighted by Gasteiger charge is -2.26. The zero-order valence-electron chi connectivity index (χ0n) is 14.6. The van der Waals surface area contributed by atoms with Crippen molar-refractivity contribution >= 4 is 6.09 Å². The van der Waals surface area contributed by atoms with Gasteiger partial charge >= 0.3 is 6.09 Å². The molecule has 126 valence electrons. The predicted molar refractivity (Wildman–Crippen MR) is 85.9 cm³/mol. The summed E-state index contributed by atoms with van der Waals surface area (Å²) in [6, 6.07) is 0. The summed E-state index contributed by atoms with van der Waals surface area (Å²) in [5.74, 6) is 0. The van der Waals surface area contributed by atoms with Crippen molar-refractivity contribution in [2.24, 2.45) is 0 Å². The molecule has 1 heterocycles. The highest BCUT2D eigenvalue weighted by atomic mass is 16.6. The van der Waals surface area contributed by atoms with E-state index in [0.717, 1.165) is 12.2 Å². The molecule has 0 atom stereocenters. The molecule has 0 spiro atoms. The van der Waals surface area contributed by atoms with Gasteiger partial charge in [0.25, 0.3) is 0 Å². The molecule has 0 radical (unpaired) electrons. The number of nitrogens with zero attached hydrogens (tertiary/aromatic N) is 2. The van der Waals surface area contributed by atoms with Crippen LogP contribution in [0.4, 0.5) is 4.79 Å². The highest BCUT2D eigenvalue weighted by Gasteiger charge is 2.20. The standard InChI is InChI=1S/C16H29N3O3/c1-7-21-16(5,6)11-19-12-17-10-13(19)8-9-18-14(20)22-15(2,3)4/h10,12H,7-9,11H2,1-6H3,(H,18,20). The van der Waals surface area contributed by atoms with E-state index in [1.165, 1.54) is 0 Å². The van der Waals surface area contributed by atoms with Crippen LogP contribution in [0.15, 0.2) is 12.5 Å². The summed E-state index contributed by atoms with van der Waals surface area (Å²) in [7, 11) is 0. The molecule has 6 heteroatoms. The molecular formula is C16H29N3O3. The minimum Gasteiger partial charge on any atom is -0.444 e. The van der Waals surface area contributed by atoms with Crippen molar-refractivity contribution in [1.29, 1.82) is 0 Å². The Hall–Kier alpha value is -1.56. The Morgan fingerprint density at radius 2 is 2.00 bits per heavy atom.